The molecule has 1 aliphatic carbocycles. The minimum absolute atomic E-state index is 0.345. The van der Waals surface area contributed by atoms with Crippen molar-refractivity contribution >= 4 is 5.78 Å². The van der Waals surface area contributed by atoms with Gasteiger partial charge in [-0.25, -0.2) is 0 Å². The fourth-order valence-electron chi connectivity index (χ4n) is 2.84. The first-order chi connectivity index (χ1) is 7.75. The van der Waals surface area contributed by atoms with Gasteiger partial charge in [0.1, 0.15) is 5.78 Å². The van der Waals surface area contributed by atoms with Crippen molar-refractivity contribution in [2.75, 3.05) is 39.8 Å². The monoisotopic (exact) mass is 224 g/mol. The first kappa shape index (κ1) is 12.1. The van der Waals surface area contributed by atoms with Gasteiger partial charge in [0, 0.05) is 32.0 Å². The molecule has 0 N–H and O–H groups in total. The van der Waals surface area contributed by atoms with Crippen molar-refractivity contribution in [3.63, 3.8) is 0 Å². The molecule has 1 saturated heterocycles. The third kappa shape index (κ3) is 3.29. The van der Waals surface area contributed by atoms with E-state index in [4.69, 9.17) is 0 Å². The molecular weight excluding hydrogens is 200 g/mol. The summed E-state index contributed by atoms with van der Waals surface area (Å²) < 4.78 is 0. The standard InChI is InChI=1S/C13H24N2O/c1-14-7-4-8-15(10-9-14)11-12-5-2-3-6-13(12)16/h12H,2-11H2,1H3. The van der Waals surface area contributed by atoms with Crippen molar-refractivity contribution in [3.8, 4) is 0 Å². The molecule has 0 radical (unpaired) electrons. The Balaban J connectivity index is 1.81. The lowest BCUT2D eigenvalue weighted by molar-refractivity contribution is -0.125. The average Bonchev–Trinajstić information content (AvgIpc) is 2.47. The van der Waals surface area contributed by atoms with Gasteiger partial charge in [-0.3, -0.25) is 4.79 Å². The van der Waals surface area contributed by atoms with Crippen LogP contribution >= 0.6 is 0 Å². The second-order valence-corrected chi connectivity index (χ2v) is 5.37. The maximum atomic E-state index is 11.8. The Morgan fingerprint density at radius 2 is 2.00 bits per heavy atom. The number of hydrogen-bond donors (Lipinski definition) is 0. The maximum absolute atomic E-state index is 11.8. The Hall–Kier alpha value is -0.410. The summed E-state index contributed by atoms with van der Waals surface area (Å²) in [5, 5.41) is 0. The summed E-state index contributed by atoms with van der Waals surface area (Å²) in [6.45, 7) is 5.69. The van der Waals surface area contributed by atoms with E-state index in [1.54, 1.807) is 0 Å². The number of rotatable bonds is 2. The Labute approximate surface area is 98.8 Å². The normalized spacial score (nSPS) is 30.3. The largest absolute Gasteiger partial charge is 0.305 e. The van der Waals surface area contributed by atoms with E-state index in [1.807, 2.05) is 0 Å². The van der Waals surface area contributed by atoms with Gasteiger partial charge in [0.2, 0.25) is 0 Å². The molecule has 1 atom stereocenters. The summed E-state index contributed by atoms with van der Waals surface area (Å²) in [4.78, 5) is 16.7. The molecule has 2 rings (SSSR count). The van der Waals surface area contributed by atoms with Crippen molar-refractivity contribution in [1.82, 2.24) is 9.80 Å². The number of hydrogen-bond acceptors (Lipinski definition) is 3. The van der Waals surface area contributed by atoms with Crippen LogP contribution in [0.5, 0.6) is 0 Å². The van der Waals surface area contributed by atoms with Gasteiger partial charge in [0.05, 0.1) is 0 Å². The molecule has 0 bridgehead atoms. The smallest absolute Gasteiger partial charge is 0.137 e. The second kappa shape index (κ2) is 5.78. The molecule has 1 aliphatic heterocycles. The van der Waals surface area contributed by atoms with E-state index in [2.05, 4.69) is 16.8 Å². The Morgan fingerprint density at radius 1 is 1.12 bits per heavy atom. The van der Waals surface area contributed by atoms with Crippen LogP contribution in [0.15, 0.2) is 0 Å². The highest BCUT2D eigenvalue weighted by atomic mass is 16.1. The van der Waals surface area contributed by atoms with Crippen LogP contribution in [-0.4, -0.2) is 55.4 Å². The summed E-state index contributed by atoms with van der Waals surface area (Å²) in [7, 11) is 2.19. The molecule has 2 fully saturated rings. The van der Waals surface area contributed by atoms with Gasteiger partial charge in [0.15, 0.2) is 0 Å². The lowest BCUT2D eigenvalue weighted by atomic mass is 9.87. The number of carbonyl (C=O) groups excluding carboxylic acids is 1. The van der Waals surface area contributed by atoms with Gasteiger partial charge in [-0.1, -0.05) is 6.42 Å². The van der Waals surface area contributed by atoms with Crippen molar-refractivity contribution in [1.29, 1.82) is 0 Å². The fraction of sp³-hybridized carbons (Fsp3) is 0.923. The first-order valence-corrected chi connectivity index (χ1v) is 6.69. The van der Waals surface area contributed by atoms with Gasteiger partial charge in [-0.15, -0.1) is 0 Å². The maximum Gasteiger partial charge on any atom is 0.137 e. The lowest BCUT2D eigenvalue weighted by Gasteiger charge is -2.27. The molecule has 92 valence electrons. The number of ketones is 1. The Kier molecular flexibility index (Phi) is 4.36. The molecule has 0 aromatic heterocycles. The average molecular weight is 224 g/mol. The van der Waals surface area contributed by atoms with Crippen molar-refractivity contribution < 1.29 is 4.79 Å². The molecule has 0 aromatic carbocycles. The molecule has 1 unspecified atom stereocenters. The minimum atomic E-state index is 0.345. The highest BCUT2D eigenvalue weighted by Crippen LogP contribution is 2.21. The van der Waals surface area contributed by atoms with E-state index in [-0.39, 0.29) is 0 Å². The van der Waals surface area contributed by atoms with Crippen molar-refractivity contribution in [3.05, 3.63) is 0 Å². The fourth-order valence-corrected chi connectivity index (χ4v) is 2.84. The lowest BCUT2D eigenvalue weighted by Crippen LogP contribution is -2.36. The quantitative estimate of drug-likeness (QED) is 0.708. The summed E-state index contributed by atoms with van der Waals surface area (Å²) in [6, 6.07) is 0. The van der Waals surface area contributed by atoms with Gasteiger partial charge in [-0.05, 0) is 39.4 Å². The minimum Gasteiger partial charge on any atom is -0.305 e. The molecule has 0 spiro atoms. The third-order valence-electron chi connectivity index (χ3n) is 3.97. The van der Waals surface area contributed by atoms with Crippen LogP contribution in [0, 0.1) is 5.92 Å². The van der Waals surface area contributed by atoms with Crippen LogP contribution in [0.25, 0.3) is 0 Å². The van der Waals surface area contributed by atoms with Crippen LogP contribution in [0.1, 0.15) is 32.1 Å². The van der Waals surface area contributed by atoms with Gasteiger partial charge in [0.25, 0.3) is 0 Å². The second-order valence-electron chi connectivity index (χ2n) is 5.37. The summed E-state index contributed by atoms with van der Waals surface area (Å²) in [5.41, 5.74) is 0. The van der Waals surface area contributed by atoms with Crippen LogP contribution in [-0.2, 0) is 4.79 Å². The topological polar surface area (TPSA) is 23.6 Å². The summed E-state index contributed by atoms with van der Waals surface area (Å²) >= 11 is 0. The number of likely N-dealkylation sites (N-methyl/N-ethyl adjacent to an activating group) is 1. The molecule has 0 aromatic rings. The van der Waals surface area contributed by atoms with Crippen LogP contribution in [0.2, 0.25) is 0 Å². The number of Topliss-reactive ketones (excluding diaryl/α,β-unsaturated/α-hetero) is 1. The Bertz CT molecular complexity index is 242. The number of carbonyl (C=O) groups is 1. The van der Waals surface area contributed by atoms with Gasteiger partial charge >= 0.3 is 0 Å². The molecule has 1 heterocycles. The van der Waals surface area contributed by atoms with Crippen LogP contribution in [0.4, 0.5) is 0 Å². The predicted octanol–water partition coefficient (Wildman–Crippen LogP) is 1.38. The van der Waals surface area contributed by atoms with E-state index in [1.165, 1.54) is 25.9 Å². The van der Waals surface area contributed by atoms with Crippen LogP contribution in [0.3, 0.4) is 0 Å². The Morgan fingerprint density at radius 3 is 2.81 bits per heavy atom. The van der Waals surface area contributed by atoms with E-state index >= 15 is 0 Å². The summed E-state index contributed by atoms with van der Waals surface area (Å²) in [6.07, 6.45) is 5.59. The van der Waals surface area contributed by atoms with Crippen molar-refractivity contribution in [2.45, 2.75) is 32.1 Å². The predicted molar refractivity (Wildman–Crippen MR) is 65.5 cm³/mol. The van der Waals surface area contributed by atoms with Gasteiger partial charge < -0.3 is 9.80 Å². The molecule has 3 nitrogen and oxygen atoms in total. The highest BCUT2D eigenvalue weighted by molar-refractivity contribution is 5.81. The molecular formula is C13H24N2O. The van der Waals surface area contributed by atoms with Gasteiger partial charge in [-0.2, -0.15) is 0 Å². The zero-order chi connectivity index (χ0) is 11.4. The highest BCUT2D eigenvalue weighted by Gasteiger charge is 2.24. The van der Waals surface area contributed by atoms with Crippen molar-refractivity contribution in [2.24, 2.45) is 5.92 Å². The SMILES string of the molecule is CN1CCCN(CC2CCCCC2=O)CC1. The molecule has 2 aliphatic rings. The molecule has 0 amide bonds. The first-order valence-electron chi connectivity index (χ1n) is 6.69. The number of nitrogens with zero attached hydrogens (tertiary/aromatic N) is 2. The van der Waals surface area contributed by atoms with E-state index in [9.17, 15) is 4.79 Å². The van der Waals surface area contributed by atoms with Crippen LogP contribution < -0.4 is 0 Å². The zero-order valence-corrected chi connectivity index (χ0v) is 10.5. The van der Waals surface area contributed by atoms with E-state index < -0.39 is 0 Å². The molecule has 1 saturated carbocycles. The molecule has 3 heteroatoms. The molecule has 16 heavy (non-hydrogen) atoms. The van der Waals surface area contributed by atoms with E-state index in [0.717, 1.165) is 38.9 Å². The summed E-state index contributed by atoms with van der Waals surface area (Å²) in [5.74, 6) is 0.862. The third-order valence-corrected chi connectivity index (χ3v) is 3.97. The zero-order valence-electron chi connectivity index (χ0n) is 10.5. The van der Waals surface area contributed by atoms with E-state index in [0.29, 0.717) is 11.7 Å².